The summed E-state index contributed by atoms with van der Waals surface area (Å²) in [7, 11) is 0. The van der Waals surface area contributed by atoms with Gasteiger partial charge in [-0.25, -0.2) is 0 Å². The van der Waals surface area contributed by atoms with Crippen molar-refractivity contribution in [3.8, 4) is 6.07 Å². The first-order valence-corrected chi connectivity index (χ1v) is 5.57. The van der Waals surface area contributed by atoms with Gasteiger partial charge in [0.2, 0.25) is 5.91 Å². The third-order valence-corrected chi connectivity index (χ3v) is 2.38. The van der Waals surface area contributed by atoms with Crippen molar-refractivity contribution in [2.75, 3.05) is 5.32 Å². The molecule has 1 rings (SSSR count). The maximum atomic E-state index is 11.5. The molecule has 16 heavy (non-hydrogen) atoms. The summed E-state index contributed by atoms with van der Waals surface area (Å²) < 4.78 is 0.800. The first-order valence-electron chi connectivity index (χ1n) is 4.78. The molecule has 84 valence electrons. The smallest absolute Gasteiger partial charge is 0.225 e. The van der Waals surface area contributed by atoms with Crippen LogP contribution >= 0.6 is 15.9 Å². The van der Waals surface area contributed by atoms with Crippen LogP contribution in [-0.2, 0) is 4.79 Å². The van der Waals surface area contributed by atoms with Crippen molar-refractivity contribution in [1.29, 1.82) is 5.26 Å². The van der Waals surface area contributed by atoms with Gasteiger partial charge in [-0.1, -0.05) is 15.9 Å². The average molecular weight is 282 g/mol. The molecular formula is C11H12BrN3O. The highest BCUT2D eigenvalue weighted by Gasteiger charge is 2.08. The van der Waals surface area contributed by atoms with Crippen LogP contribution in [0.4, 0.5) is 5.69 Å². The van der Waals surface area contributed by atoms with Gasteiger partial charge in [0.25, 0.3) is 0 Å². The van der Waals surface area contributed by atoms with E-state index in [1.807, 2.05) is 6.07 Å². The van der Waals surface area contributed by atoms with Crippen molar-refractivity contribution in [2.24, 2.45) is 5.73 Å². The summed E-state index contributed by atoms with van der Waals surface area (Å²) in [6.45, 7) is 1.76. The van der Waals surface area contributed by atoms with E-state index < -0.39 is 0 Å². The van der Waals surface area contributed by atoms with E-state index in [1.54, 1.807) is 25.1 Å². The minimum absolute atomic E-state index is 0.186. The summed E-state index contributed by atoms with van der Waals surface area (Å²) in [6, 6.07) is 6.93. The third-order valence-electron chi connectivity index (χ3n) is 1.88. The van der Waals surface area contributed by atoms with Gasteiger partial charge in [-0.3, -0.25) is 4.79 Å². The monoisotopic (exact) mass is 281 g/mol. The number of nitrogens with one attached hydrogen (secondary N) is 1. The number of rotatable bonds is 3. The van der Waals surface area contributed by atoms with Crippen molar-refractivity contribution in [3.05, 3.63) is 28.2 Å². The highest BCUT2D eigenvalue weighted by atomic mass is 79.9. The molecule has 0 saturated heterocycles. The Morgan fingerprint density at radius 3 is 2.94 bits per heavy atom. The summed E-state index contributed by atoms with van der Waals surface area (Å²) in [5.41, 5.74) is 6.44. The summed E-state index contributed by atoms with van der Waals surface area (Å²) in [6.07, 6.45) is 0.237. The standard InChI is InChI=1S/C11H12BrN3O/c1-7(14)4-11(16)15-10-3-2-9(12)5-8(10)6-13/h2-3,5,7H,4,14H2,1H3,(H,15,16). The lowest BCUT2D eigenvalue weighted by Gasteiger charge is -2.08. The zero-order valence-electron chi connectivity index (χ0n) is 8.83. The number of amides is 1. The maximum Gasteiger partial charge on any atom is 0.225 e. The Labute approximate surface area is 103 Å². The second-order valence-electron chi connectivity index (χ2n) is 3.53. The fraction of sp³-hybridized carbons (Fsp3) is 0.273. The van der Waals surface area contributed by atoms with E-state index in [-0.39, 0.29) is 18.4 Å². The van der Waals surface area contributed by atoms with Gasteiger partial charge in [-0.15, -0.1) is 0 Å². The average Bonchev–Trinajstić information content (AvgIpc) is 2.19. The van der Waals surface area contributed by atoms with Crippen LogP contribution in [0.1, 0.15) is 18.9 Å². The van der Waals surface area contributed by atoms with E-state index in [1.165, 1.54) is 0 Å². The molecule has 0 aliphatic heterocycles. The fourth-order valence-corrected chi connectivity index (χ4v) is 1.57. The predicted octanol–water partition coefficient (Wildman–Crippen LogP) is 2.00. The van der Waals surface area contributed by atoms with Crippen LogP contribution in [-0.4, -0.2) is 11.9 Å². The van der Waals surface area contributed by atoms with Crippen molar-refractivity contribution in [3.63, 3.8) is 0 Å². The van der Waals surface area contributed by atoms with Crippen molar-refractivity contribution in [2.45, 2.75) is 19.4 Å². The number of halogens is 1. The predicted molar refractivity (Wildman–Crippen MR) is 65.8 cm³/mol. The molecule has 3 N–H and O–H groups in total. The number of carbonyl (C=O) groups excluding carboxylic acids is 1. The Hall–Kier alpha value is -1.38. The topological polar surface area (TPSA) is 78.9 Å². The van der Waals surface area contributed by atoms with Gasteiger partial charge in [0.1, 0.15) is 6.07 Å². The summed E-state index contributed by atoms with van der Waals surface area (Å²) in [4.78, 5) is 11.5. The van der Waals surface area contributed by atoms with Crippen LogP contribution in [0.3, 0.4) is 0 Å². The van der Waals surface area contributed by atoms with E-state index in [9.17, 15) is 4.79 Å². The minimum atomic E-state index is -0.194. The molecule has 1 amide bonds. The van der Waals surface area contributed by atoms with Gasteiger partial charge in [0.05, 0.1) is 11.3 Å². The van der Waals surface area contributed by atoms with E-state index in [0.717, 1.165) is 4.47 Å². The lowest BCUT2D eigenvalue weighted by molar-refractivity contribution is -0.116. The second kappa shape index (κ2) is 5.64. The third kappa shape index (κ3) is 3.65. The Kier molecular flexibility index (Phi) is 4.47. The van der Waals surface area contributed by atoms with E-state index in [2.05, 4.69) is 21.2 Å². The van der Waals surface area contributed by atoms with Crippen LogP contribution in [0.15, 0.2) is 22.7 Å². The molecule has 0 spiro atoms. The van der Waals surface area contributed by atoms with Gasteiger partial charge in [-0.2, -0.15) is 5.26 Å². The zero-order valence-corrected chi connectivity index (χ0v) is 10.4. The van der Waals surface area contributed by atoms with Crippen molar-refractivity contribution < 1.29 is 4.79 Å². The number of nitrogens with two attached hydrogens (primary N) is 1. The van der Waals surface area contributed by atoms with Crippen LogP contribution in [0, 0.1) is 11.3 Å². The Bertz CT molecular complexity index is 437. The molecule has 0 fully saturated rings. The Balaban J connectivity index is 2.82. The van der Waals surface area contributed by atoms with Gasteiger partial charge in [0, 0.05) is 16.9 Å². The first-order chi connectivity index (χ1) is 7.52. The molecule has 0 radical (unpaired) electrons. The normalized spacial score (nSPS) is 11.6. The van der Waals surface area contributed by atoms with Crippen LogP contribution in [0.5, 0.6) is 0 Å². The largest absolute Gasteiger partial charge is 0.327 e. The van der Waals surface area contributed by atoms with Gasteiger partial charge in [0.15, 0.2) is 0 Å². The zero-order chi connectivity index (χ0) is 12.1. The van der Waals surface area contributed by atoms with Crippen LogP contribution in [0.25, 0.3) is 0 Å². The number of anilines is 1. The number of benzene rings is 1. The number of carbonyl (C=O) groups is 1. The maximum absolute atomic E-state index is 11.5. The highest BCUT2D eigenvalue weighted by Crippen LogP contribution is 2.20. The lowest BCUT2D eigenvalue weighted by Crippen LogP contribution is -2.24. The summed E-state index contributed by atoms with van der Waals surface area (Å²) in [5, 5.41) is 11.5. The lowest BCUT2D eigenvalue weighted by atomic mass is 10.2. The molecule has 0 heterocycles. The van der Waals surface area contributed by atoms with Crippen LogP contribution in [0.2, 0.25) is 0 Å². The van der Waals surface area contributed by atoms with Crippen LogP contribution < -0.4 is 11.1 Å². The molecule has 1 aromatic carbocycles. The van der Waals surface area contributed by atoms with Gasteiger partial charge in [-0.05, 0) is 25.1 Å². The van der Waals surface area contributed by atoms with E-state index in [0.29, 0.717) is 11.3 Å². The van der Waals surface area contributed by atoms with Crippen molar-refractivity contribution in [1.82, 2.24) is 0 Å². The van der Waals surface area contributed by atoms with Gasteiger partial charge < -0.3 is 11.1 Å². The fourth-order valence-electron chi connectivity index (χ4n) is 1.21. The molecular weight excluding hydrogens is 270 g/mol. The SMILES string of the molecule is CC(N)CC(=O)Nc1ccc(Br)cc1C#N. The molecule has 0 aromatic heterocycles. The second-order valence-corrected chi connectivity index (χ2v) is 4.45. The molecule has 4 nitrogen and oxygen atoms in total. The molecule has 1 unspecified atom stereocenters. The molecule has 0 aliphatic carbocycles. The minimum Gasteiger partial charge on any atom is -0.327 e. The number of hydrogen-bond donors (Lipinski definition) is 2. The van der Waals surface area contributed by atoms with E-state index in [4.69, 9.17) is 11.0 Å². The van der Waals surface area contributed by atoms with E-state index >= 15 is 0 Å². The molecule has 0 saturated carbocycles. The highest BCUT2D eigenvalue weighted by molar-refractivity contribution is 9.10. The molecule has 0 bridgehead atoms. The number of nitriles is 1. The van der Waals surface area contributed by atoms with Crippen molar-refractivity contribution >= 4 is 27.5 Å². The first kappa shape index (κ1) is 12.7. The Morgan fingerprint density at radius 1 is 1.69 bits per heavy atom. The number of nitrogens with zero attached hydrogens (tertiary/aromatic N) is 1. The molecule has 5 heteroatoms. The quantitative estimate of drug-likeness (QED) is 0.889. The Morgan fingerprint density at radius 2 is 2.38 bits per heavy atom. The molecule has 1 atom stereocenters. The summed E-state index contributed by atoms with van der Waals surface area (Å²) >= 11 is 3.26. The number of hydrogen-bond acceptors (Lipinski definition) is 3. The molecule has 1 aromatic rings. The summed E-state index contributed by atoms with van der Waals surface area (Å²) in [5.74, 6) is -0.186. The van der Waals surface area contributed by atoms with Gasteiger partial charge >= 0.3 is 0 Å². The molecule has 0 aliphatic rings.